The molecule has 1 amide bonds. The number of benzene rings is 1. The number of hydrogen-bond acceptors (Lipinski definition) is 3. The summed E-state index contributed by atoms with van der Waals surface area (Å²) in [6.07, 6.45) is 4.60. The van der Waals surface area contributed by atoms with E-state index in [4.69, 9.17) is 5.73 Å². The maximum Gasteiger partial charge on any atom is 0.253 e. The van der Waals surface area contributed by atoms with E-state index in [9.17, 15) is 4.79 Å². The van der Waals surface area contributed by atoms with Crippen LogP contribution in [0.25, 0.3) is 0 Å². The lowest BCUT2D eigenvalue weighted by molar-refractivity contribution is 0.0761. The molecule has 1 aromatic rings. The van der Waals surface area contributed by atoms with Crippen LogP contribution in [0.2, 0.25) is 0 Å². The summed E-state index contributed by atoms with van der Waals surface area (Å²) < 4.78 is 0. The predicted molar refractivity (Wildman–Crippen MR) is 86.3 cm³/mol. The molecule has 1 aromatic carbocycles. The van der Waals surface area contributed by atoms with Crippen LogP contribution in [0.5, 0.6) is 0 Å². The molecule has 1 saturated heterocycles. The minimum atomic E-state index is 0.167. The second-order valence-electron chi connectivity index (χ2n) is 5.70. The number of nitrogens with two attached hydrogens (primary N) is 1. The van der Waals surface area contributed by atoms with Crippen molar-refractivity contribution in [1.29, 1.82) is 0 Å². The Hall–Kier alpha value is -1.39. The topological polar surface area (TPSA) is 49.6 Å². The standard InChI is InChI=1S/C17H27N3O/c18-10-5-2-6-11-19-12-7-13-20(15-14-19)17(21)16-8-3-1-4-9-16/h1,3-4,8-9H,2,5-7,10-15,18H2. The quantitative estimate of drug-likeness (QED) is 0.815. The maximum atomic E-state index is 12.5. The highest BCUT2D eigenvalue weighted by atomic mass is 16.2. The number of rotatable bonds is 6. The lowest BCUT2D eigenvalue weighted by Crippen LogP contribution is -2.35. The van der Waals surface area contributed by atoms with E-state index in [2.05, 4.69) is 4.90 Å². The molecule has 0 bridgehead atoms. The van der Waals surface area contributed by atoms with Gasteiger partial charge in [0.1, 0.15) is 0 Å². The summed E-state index contributed by atoms with van der Waals surface area (Å²) in [6, 6.07) is 9.60. The fourth-order valence-corrected chi connectivity index (χ4v) is 2.82. The number of hydrogen-bond donors (Lipinski definition) is 1. The molecule has 2 rings (SSSR count). The molecule has 4 nitrogen and oxygen atoms in total. The fourth-order valence-electron chi connectivity index (χ4n) is 2.82. The molecule has 1 heterocycles. The molecule has 1 aliphatic rings. The summed E-state index contributed by atoms with van der Waals surface area (Å²) in [5.41, 5.74) is 6.32. The zero-order valence-corrected chi connectivity index (χ0v) is 12.8. The summed E-state index contributed by atoms with van der Waals surface area (Å²) in [6.45, 7) is 5.72. The molecule has 1 fully saturated rings. The fraction of sp³-hybridized carbons (Fsp3) is 0.588. The molecule has 116 valence electrons. The Balaban J connectivity index is 1.79. The van der Waals surface area contributed by atoms with Gasteiger partial charge < -0.3 is 15.5 Å². The number of carbonyl (C=O) groups is 1. The molecule has 0 aliphatic carbocycles. The van der Waals surface area contributed by atoms with E-state index < -0.39 is 0 Å². The van der Waals surface area contributed by atoms with E-state index >= 15 is 0 Å². The Morgan fingerprint density at radius 1 is 1.00 bits per heavy atom. The SMILES string of the molecule is NCCCCCN1CCCN(C(=O)c2ccccc2)CC1. The van der Waals surface area contributed by atoms with Crippen LogP contribution in [0.1, 0.15) is 36.0 Å². The highest BCUT2D eigenvalue weighted by Gasteiger charge is 2.19. The molecule has 0 spiro atoms. The average molecular weight is 289 g/mol. The van der Waals surface area contributed by atoms with Crippen molar-refractivity contribution in [3.05, 3.63) is 35.9 Å². The highest BCUT2D eigenvalue weighted by Crippen LogP contribution is 2.10. The first-order valence-electron chi connectivity index (χ1n) is 8.08. The number of nitrogens with zero attached hydrogens (tertiary/aromatic N) is 2. The Kier molecular flexibility index (Phi) is 6.70. The minimum absolute atomic E-state index is 0.167. The van der Waals surface area contributed by atoms with Crippen molar-refractivity contribution < 1.29 is 4.79 Å². The largest absolute Gasteiger partial charge is 0.337 e. The first-order valence-corrected chi connectivity index (χ1v) is 8.08. The molecule has 21 heavy (non-hydrogen) atoms. The molecular formula is C17H27N3O. The van der Waals surface area contributed by atoms with Gasteiger partial charge in [0.25, 0.3) is 5.91 Å². The number of unbranched alkanes of at least 4 members (excludes halogenated alkanes) is 2. The zero-order valence-electron chi connectivity index (χ0n) is 12.8. The van der Waals surface area contributed by atoms with Gasteiger partial charge in [0.2, 0.25) is 0 Å². The molecule has 0 unspecified atom stereocenters. The van der Waals surface area contributed by atoms with Crippen LogP contribution < -0.4 is 5.73 Å². The molecule has 0 radical (unpaired) electrons. The maximum absolute atomic E-state index is 12.5. The van der Waals surface area contributed by atoms with E-state index in [-0.39, 0.29) is 5.91 Å². The predicted octanol–water partition coefficient (Wildman–Crippen LogP) is 1.96. The minimum Gasteiger partial charge on any atom is -0.337 e. The van der Waals surface area contributed by atoms with Gasteiger partial charge in [-0.05, 0) is 51.0 Å². The summed E-state index contributed by atoms with van der Waals surface area (Å²) in [7, 11) is 0. The molecule has 0 atom stereocenters. The molecule has 2 N–H and O–H groups in total. The van der Waals surface area contributed by atoms with Gasteiger partial charge in [-0.3, -0.25) is 4.79 Å². The third kappa shape index (κ3) is 5.14. The van der Waals surface area contributed by atoms with Crippen LogP contribution in [0.4, 0.5) is 0 Å². The van der Waals surface area contributed by atoms with Gasteiger partial charge in [0.05, 0.1) is 0 Å². The van der Waals surface area contributed by atoms with Gasteiger partial charge in [0, 0.05) is 25.2 Å². The second-order valence-corrected chi connectivity index (χ2v) is 5.70. The Morgan fingerprint density at radius 3 is 2.57 bits per heavy atom. The van der Waals surface area contributed by atoms with Gasteiger partial charge in [-0.15, -0.1) is 0 Å². The molecular weight excluding hydrogens is 262 g/mol. The van der Waals surface area contributed by atoms with Crippen LogP contribution in [0.15, 0.2) is 30.3 Å². The molecule has 1 aliphatic heterocycles. The summed E-state index contributed by atoms with van der Waals surface area (Å²) in [5.74, 6) is 0.167. The normalized spacial score (nSPS) is 16.7. The van der Waals surface area contributed by atoms with Gasteiger partial charge in [-0.2, -0.15) is 0 Å². The first-order chi connectivity index (χ1) is 10.3. The molecule has 0 saturated carbocycles. The van der Waals surface area contributed by atoms with E-state index in [1.165, 1.54) is 12.8 Å². The van der Waals surface area contributed by atoms with E-state index in [0.29, 0.717) is 0 Å². The molecule has 0 aromatic heterocycles. The van der Waals surface area contributed by atoms with Crippen molar-refractivity contribution >= 4 is 5.91 Å². The smallest absolute Gasteiger partial charge is 0.253 e. The van der Waals surface area contributed by atoms with Crippen molar-refractivity contribution in [1.82, 2.24) is 9.80 Å². The van der Waals surface area contributed by atoms with Gasteiger partial charge in [-0.25, -0.2) is 0 Å². The number of amides is 1. The monoisotopic (exact) mass is 289 g/mol. The Labute approximate surface area is 127 Å². The first kappa shape index (κ1) is 16.0. The average Bonchev–Trinajstić information content (AvgIpc) is 2.77. The third-order valence-corrected chi connectivity index (χ3v) is 4.07. The van der Waals surface area contributed by atoms with Crippen molar-refractivity contribution in [2.75, 3.05) is 39.3 Å². The van der Waals surface area contributed by atoms with Crippen molar-refractivity contribution in [2.24, 2.45) is 5.73 Å². The summed E-state index contributed by atoms with van der Waals surface area (Å²) in [4.78, 5) is 16.9. The van der Waals surface area contributed by atoms with E-state index in [1.807, 2.05) is 35.2 Å². The second kappa shape index (κ2) is 8.80. The number of carbonyl (C=O) groups excluding carboxylic acids is 1. The summed E-state index contributed by atoms with van der Waals surface area (Å²) >= 11 is 0. The van der Waals surface area contributed by atoms with Crippen LogP contribution >= 0.6 is 0 Å². The van der Waals surface area contributed by atoms with Crippen LogP contribution in [0.3, 0.4) is 0 Å². The van der Waals surface area contributed by atoms with Crippen LogP contribution in [-0.2, 0) is 0 Å². The van der Waals surface area contributed by atoms with Gasteiger partial charge in [0.15, 0.2) is 0 Å². The van der Waals surface area contributed by atoms with Gasteiger partial charge >= 0.3 is 0 Å². The highest BCUT2D eigenvalue weighted by molar-refractivity contribution is 5.94. The van der Waals surface area contributed by atoms with Crippen molar-refractivity contribution in [2.45, 2.75) is 25.7 Å². The lowest BCUT2D eigenvalue weighted by Gasteiger charge is -2.22. The van der Waals surface area contributed by atoms with Crippen LogP contribution in [0, 0.1) is 0 Å². The Bertz CT molecular complexity index is 421. The summed E-state index contributed by atoms with van der Waals surface area (Å²) in [5, 5.41) is 0. The molecule has 4 heteroatoms. The van der Waals surface area contributed by atoms with E-state index in [0.717, 1.165) is 57.7 Å². The Morgan fingerprint density at radius 2 is 1.81 bits per heavy atom. The lowest BCUT2D eigenvalue weighted by atomic mass is 10.2. The van der Waals surface area contributed by atoms with Crippen molar-refractivity contribution in [3.8, 4) is 0 Å². The zero-order chi connectivity index (χ0) is 14.9. The van der Waals surface area contributed by atoms with Gasteiger partial charge in [-0.1, -0.05) is 24.6 Å². The van der Waals surface area contributed by atoms with Crippen molar-refractivity contribution in [3.63, 3.8) is 0 Å². The van der Waals surface area contributed by atoms with E-state index in [1.54, 1.807) is 0 Å². The van der Waals surface area contributed by atoms with Crippen LogP contribution in [-0.4, -0.2) is 55.0 Å². The third-order valence-electron chi connectivity index (χ3n) is 4.07.